The molecular weight excluding hydrogens is 244 g/mol. The number of rotatable bonds is 4. The summed E-state index contributed by atoms with van der Waals surface area (Å²) in [5.74, 6) is -1.72. The van der Waals surface area contributed by atoms with E-state index in [1.54, 1.807) is 0 Å². The molecule has 2 amide bonds. The van der Waals surface area contributed by atoms with Crippen molar-refractivity contribution < 1.29 is 29.0 Å². The molecule has 1 heterocycles. The molecule has 1 aliphatic rings. The molecule has 8 heteroatoms. The van der Waals surface area contributed by atoms with Crippen molar-refractivity contribution in [3.8, 4) is 0 Å². The normalized spacial score (nSPS) is 17.6. The Morgan fingerprint density at radius 2 is 1.94 bits per heavy atom. The van der Waals surface area contributed by atoms with Gasteiger partial charge in [-0.2, -0.15) is 0 Å². The van der Waals surface area contributed by atoms with E-state index < -0.39 is 23.5 Å². The minimum atomic E-state index is -1.33. The third-order valence-electron chi connectivity index (χ3n) is 2.73. The molecule has 0 aliphatic carbocycles. The number of carboxylic acids is 1. The lowest BCUT2D eigenvalue weighted by Gasteiger charge is -2.33. The predicted octanol–water partition coefficient (Wildman–Crippen LogP) is -0.908. The maximum Gasteiger partial charge on any atom is 0.329 e. The molecule has 102 valence electrons. The minimum absolute atomic E-state index is 0.188. The third kappa shape index (κ3) is 3.59. The summed E-state index contributed by atoms with van der Waals surface area (Å²) in [6.45, 7) is 0.224. The van der Waals surface area contributed by atoms with E-state index in [9.17, 15) is 19.5 Å². The highest BCUT2D eigenvalue weighted by molar-refractivity contribution is 5.87. The third-order valence-corrected chi connectivity index (χ3v) is 2.73. The van der Waals surface area contributed by atoms with Crippen molar-refractivity contribution in [1.82, 2.24) is 10.6 Å². The molecule has 3 N–H and O–H groups in total. The molecule has 8 nitrogen and oxygen atoms in total. The van der Waals surface area contributed by atoms with Crippen molar-refractivity contribution >= 4 is 18.0 Å². The zero-order chi connectivity index (χ0) is 13.6. The van der Waals surface area contributed by atoms with Crippen molar-refractivity contribution in [2.45, 2.75) is 18.4 Å². The summed E-state index contributed by atoms with van der Waals surface area (Å²) in [6.07, 6.45) is 0.377. The van der Waals surface area contributed by atoms with Crippen LogP contribution in [0.1, 0.15) is 12.8 Å². The largest absolute Gasteiger partial charge is 0.480 e. The van der Waals surface area contributed by atoms with E-state index in [1.807, 2.05) is 0 Å². The van der Waals surface area contributed by atoms with Gasteiger partial charge >= 0.3 is 18.0 Å². The maximum atomic E-state index is 11.5. The molecule has 0 spiro atoms. The second kappa shape index (κ2) is 6.20. The molecule has 1 fully saturated rings. The molecule has 1 aliphatic heterocycles. The number of hydrogen-bond acceptors (Lipinski definition) is 5. The van der Waals surface area contributed by atoms with E-state index in [2.05, 4.69) is 15.4 Å². The van der Waals surface area contributed by atoms with Crippen molar-refractivity contribution in [1.29, 1.82) is 0 Å². The number of hydrogen-bond donors (Lipinski definition) is 3. The molecular formula is C10H16N2O6. The first-order valence-corrected chi connectivity index (χ1v) is 5.44. The van der Waals surface area contributed by atoms with Gasteiger partial charge in [-0.1, -0.05) is 0 Å². The Balaban J connectivity index is 2.53. The highest BCUT2D eigenvalue weighted by Gasteiger charge is 2.41. The molecule has 0 atom stereocenters. The number of aliphatic carboxylic acids is 1. The molecule has 1 rings (SSSR count). The molecule has 0 saturated carbocycles. The number of ether oxygens (including phenoxy) is 2. The molecule has 0 aromatic heterocycles. The van der Waals surface area contributed by atoms with Gasteiger partial charge in [0.2, 0.25) is 0 Å². The highest BCUT2D eigenvalue weighted by atomic mass is 16.5. The van der Waals surface area contributed by atoms with Crippen LogP contribution in [0.4, 0.5) is 4.79 Å². The lowest BCUT2D eigenvalue weighted by Crippen LogP contribution is -2.60. The fourth-order valence-corrected chi connectivity index (χ4v) is 1.60. The number of esters is 1. The summed E-state index contributed by atoms with van der Waals surface area (Å²) in [4.78, 5) is 33.5. The van der Waals surface area contributed by atoms with Crippen molar-refractivity contribution in [3.05, 3.63) is 0 Å². The number of amides is 2. The first kappa shape index (κ1) is 14.2. The van der Waals surface area contributed by atoms with Gasteiger partial charge in [-0.25, -0.2) is 9.59 Å². The number of carboxylic acid groups (broad SMARTS) is 1. The van der Waals surface area contributed by atoms with Crippen molar-refractivity contribution in [3.63, 3.8) is 0 Å². The van der Waals surface area contributed by atoms with Crippen LogP contribution < -0.4 is 10.6 Å². The monoisotopic (exact) mass is 260 g/mol. The van der Waals surface area contributed by atoms with Crippen LogP contribution in [0, 0.1) is 0 Å². The predicted molar refractivity (Wildman–Crippen MR) is 59.0 cm³/mol. The quantitative estimate of drug-likeness (QED) is 0.564. The molecule has 1 saturated heterocycles. The fourth-order valence-electron chi connectivity index (χ4n) is 1.60. The van der Waals surface area contributed by atoms with Crippen LogP contribution in [-0.2, 0) is 19.1 Å². The van der Waals surface area contributed by atoms with Gasteiger partial charge in [-0.05, 0) is 0 Å². The van der Waals surface area contributed by atoms with Crippen LogP contribution in [-0.4, -0.2) is 55.5 Å². The van der Waals surface area contributed by atoms with Gasteiger partial charge in [0.05, 0.1) is 7.11 Å². The zero-order valence-corrected chi connectivity index (χ0v) is 10.0. The van der Waals surface area contributed by atoms with Crippen molar-refractivity contribution in [2.75, 3.05) is 26.9 Å². The topological polar surface area (TPSA) is 114 Å². The molecule has 0 aromatic rings. The van der Waals surface area contributed by atoms with Crippen molar-refractivity contribution in [2.24, 2.45) is 0 Å². The van der Waals surface area contributed by atoms with Gasteiger partial charge in [-0.3, -0.25) is 4.79 Å². The zero-order valence-electron chi connectivity index (χ0n) is 10.0. The Labute approximate surface area is 104 Å². The van der Waals surface area contributed by atoms with Crippen LogP contribution in [0.5, 0.6) is 0 Å². The summed E-state index contributed by atoms with van der Waals surface area (Å²) < 4.78 is 9.41. The second-order valence-electron chi connectivity index (χ2n) is 3.88. The van der Waals surface area contributed by atoms with E-state index in [4.69, 9.17) is 4.74 Å². The molecule has 18 heavy (non-hydrogen) atoms. The Kier molecular flexibility index (Phi) is 4.90. The van der Waals surface area contributed by atoms with Crippen LogP contribution in [0.3, 0.4) is 0 Å². The Morgan fingerprint density at radius 3 is 2.44 bits per heavy atom. The summed E-state index contributed by atoms with van der Waals surface area (Å²) in [7, 11) is 1.19. The minimum Gasteiger partial charge on any atom is -0.480 e. The highest BCUT2D eigenvalue weighted by Crippen LogP contribution is 2.20. The van der Waals surface area contributed by atoms with E-state index in [-0.39, 0.29) is 32.6 Å². The van der Waals surface area contributed by atoms with Gasteiger partial charge in [0.25, 0.3) is 0 Å². The molecule has 0 radical (unpaired) electrons. The lowest BCUT2D eigenvalue weighted by atomic mass is 9.90. The van der Waals surface area contributed by atoms with Crippen LogP contribution >= 0.6 is 0 Å². The average molecular weight is 260 g/mol. The van der Waals surface area contributed by atoms with E-state index in [0.717, 1.165) is 0 Å². The number of methoxy groups -OCH3 is 1. The van der Waals surface area contributed by atoms with Crippen LogP contribution in [0.2, 0.25) is 0 Å². The summed E-state index contributed by atoms with van der Waals surface area (Å²) in [6, 6.07) is -0.718. The summed E-state index contributed by atoms with van der Waals surface area (Å²) in [5.41, 5.74) is -1.33. The second-order valence-corrected chi connectivity index (χ2v) is 3.88. The Hall–Kier alpha value is -1.83. The van der Waals surface area contributed by atoms with Gasteiger partial charge in [0.15, 0.2) is 0 Å². The number of nitrogens with one attached hydrogen (secondary N) is 2. The average Bonchev–Trinajstić information content (AvgIpc) is 2.36. The molecule has 0 bridgehead atoms. The van der Waals surface area contributed by atoms with Crippen LogP contribution in [0.25, 0.3) is 0 Å². The lowest BCUT2D eigenvalue weighted by molar-refractivity contribution is -0.148. The van der Waals surface area contributed by atoms with Gasteiger partial charge in [0, 0.05) is 26.1 Å². The van der Waals surface area contributed by atoms with E-state index >= 15 is 0 Å². The van der Waals surface area contributed by atoms with E-state index in [1.165, 1.54) is 7.11 Å². The molecule has 0 aromatic carbocycles. The number of urea groups is 1. The smallest absolute Gasteiger partial charge is 0.329 e. The SMILES string of the molecule is COC(=O)CNC(=O)NC1(C(=O)O)CCOCC1. The summed E-state index contributed by atoms with van der Waals surface area (Å²) in [5, 5.41) is 13.8. The Bertz CT molecular complexity index is 337. The molecule has 0 unspecified atom stereocenters. The first-order chi connectivity index (χ1) is 8.50. The van der Waals surface area contributed by atoms with Gasteiger partial charge < -0.3 is 25.2 Å². The first-order valence-electron chi connectivity index (χ1n) is 5.44. The van der Waals surface area contributed by atoms with Gasteiger partial charge in [-0.15, -0.1) is 0 Å². The number of carbonyl (C=O) groups excluding carboxylic acids is 2. The number of carbonyl (C=O) groups is 3. The van der Waals surface area contributed by atoms with Crippen LogP contribution in [0.15, 0.2) is 0 Å². The standard InChI is InChI=1S/C10H16N2O6/c1-17-7(13)6-11-9(16)12-10(8(14)15)2-4-18-5-3-10/h2-6H2,1H3,(H,14,15)(H2,11,12,16). The summed E-state index contributed by atoms with van der Waals surface area (Å²) >= 11 is 0. The fraction of sp³-hybridized carbons (Fsp3) is 0.700. The Morgan fingerprint density at radius 1 is 1.33 bits per heavy atom. The van der Waals surface area contributed by atoms with Gasteiger partial charge in [0.1, 0.15) is 12.1 Å². The maximum absolute atomic E-state index is 11.5. The van der Waals surface area contributed by atoms with E-state index in [0.29, 0.717) is 0 Å².